The van der Waals surface area contributed by atoms with Crippen molar-refractivity contribution in [1.82, 2.24) is 15.2 Å². The summed E-state index contributed by atoms with van der Waals surface area (Å²) >= 11 is 0. The number of aliphatic hydroxyl groups is 1. The van der Waals surface area contributed by atoms with Crippen molar-refractivity contribution in [3.8, 4) is 0 Å². The highest BCUT2D eigenvalue weighted by Gasteiger charge is 2.18. The molecule has 23 heavy (non-hydrogen) atoms. The molecule has 1 aliphatic heterocycles. The number of fused-ring (bicyclic) bond motifs is 1. The molecular weight excluding hydrogens is 286 g/mol. The summed E-state index contributed by atoms with van der Waals surface area (Å²) in [5.41, 5.74) is 3.84. The zero-order chi connectivity index (χ0) is 16.1. The number of aliphatic hydroxyl groups excluding tert-OH is 1. The topological polar surface area (TPSA) is 48.4 Å². The van der Waals surface area contributed by atoms with E-state index in [1.165, 1.54) is 11.1 Å². The summed E-state index contributed by atoms with van der Waals surface area (Å²) in [6.45, 7) is 5.31. The van der Waals surface area contributed by atoms with Gasteiger partial charge in [0.2, 0.25) is 0 Å². The fourth-order valence-corrected chi connectivity index (χ4v) is 3.12. The van der Waals surface area contributed by atoms with Crippen LogP contribution in [0.2, 0.25) is 0 Å². The van der Waals surface area contributed by atoms with Crippen LogP contribution in [0.3, 0.4) is 0 Å². The molecule has 0 bridgehead atoms. The van der Waals surface area contributed by atoms with E-state index < -0.39 is 0 Å². The van der Waals surface area contributed by atoms with Crippen LogP contribution in [0.1, 0.15) is 29.8 Å². The lowest BCUT2D eigenvalue weighted by Gasteiger charge is -2.30. The maximum Gasteiger partial charge on any atom is 0.0791 e. The minimum absolute atomic E-state index is 0.146. The molecule has 2 atom stereocenters. The van der Waals surface area contributed by atoms with Crippen molar-refractivity contribution in [1.29, 1.82) is 0 Å². The van der Waals surface area contributed by atoms with Gasteiger partial charge in [-0.15, -0.1) is 0 Å². The van der Waals surface area contributed by atoms with Crippen LogP contribution in [-0.2, 0) is 13.0 Å². The molecule has 1 aliphatic rings. The van der Waals surface area contributed by atoms with E-state index in [2.05, 4.69) is 46.4 Å². The highest BCUT2D eigenvalue weighted by atomic mass is 16.3. The number of pyridine rings is 1. The van der Waals surface area contributed by atoms with Gasteiger partial charge in [-0.3, -0.25) is 9.88 Å². The van der Waals surface area contributed by atoms with Crippen LogP contribution >= 0.6 is 0 Å². The van der Waals surface area contributed by atoms with Crippen molar-refractivity contribution in [2.75, 3.05) is 19.6 Å². The molecule has 0 radical (unpaired) electrons. The van der Waals surface area contributed by atoms with Gasteiger partial charge in [0, 0.05) is 38.4 Å². The number of β-amino-alcohol motifs (C(OH)–C–C–N with tert-alkyl or cyclic N) is 1. The van der Waals surface area contributed by atoms with E-state index in [-0.39, 0.29) is 12.1 Å². The predicted molar refractivity (Wildman–Crippen MR) is 92.1 cm³/mol. The van der Waals surface area contributed by atoms with Gasteiger partial charge in [-0.2, -0.15) is 0 Å². The van der Waals surface area contributed by atoms with Crippen molar-refractivity contribution in [2.24, 2.45) is 0 Å². The maximum atomic E-state index is 10.3. The number of nitrogens with zero attached hydrogens (tertiary/aromatic N) is 2. The Morgan fingerprint density at radius 2 is 1.96 bits per heavy atom. The Kier molecular flexibility index (Phi) is 5.39. The molecule has 122 valence electrons. The van der Waals surface area contributed by atoms with Crippen LogP contribution in [-0.4, -0.2) is 40.7 Å². The number of nitrogens with one attached hydrogen (secondary N) is 1. The van der Waals surface area contributed by atoms with Crippen molar-refractivity contribution in [2.45, 2.75) is 32.0 Å². The van der Waals surface area contributed by atoms with Gasteiger partial charge in [0.05, 0.1) is 11.8 Å². The lowest BCUT2D eigenvalue weighted by molar-refractivity contribution is 0.102. The number of benzene rings is 1. The Morgan fingerprint density at radius 3 is 2.74 bits per heavy atom. The fraction of sp³-hybridized carbons (Fsp3) is 0.421. The Balaban J connectivity index is 1.46. The Morgan fingerprint density at radius 1 is 1.17 bits per heavy atom. The Labute approximate surface area is 138 Å². The molecule has 4 heteroatoms. The van der Waals surface area contributed by atoms with Crippen molar-refractivity contribution in [3.63, 3.8) is 0 Å². The first-order valence-electron chi connectivity index (χ1n) is 8.34. The van der Waals surface area contributed by atoms with E-state index in [9.17, 15) is 5.11 Å². The Hall–Kier alpha value is -1.75. The second-order valence-electron chi connectivity index (χ2n) is 6.29. The van der Waals surface area contributed by atoms with Gasteiger partial charge in [0.15, 0.2) is 0 Å². The first-order valence-corrected chi connectivity index (χ1v) is 8.34. The third kappa shape index (κ3) is 4.38. The fourth-order valence-electron chi connectivity index (χ4n) is 3.12. The van der Waals surface area contributed by atoms with E-state index in [1.807, 2.05) is 18.2 Å². The molecule has 1 aromatic carbocycles. The van der Waals surface area contributed by atoms with Crippen molar-refractivity contribution < 1.29 is 5.11 Å². The van der Waals surface area contributed by atoms with E-state index >= 15 is 0 Å². The summed E-state index contributed by atoms with van der Waals surface area (Å²) in [6, 6.07) is 14.6. The van der Waals surface area contributed by atoms with Gasteiger partial charge < -0.3 is 10.4 Å². The molecule has 4 nitrogen and oxygen atoms in total. The lowest BCUT2D eigenvalue weighted by Crippen LogP contribution is -2.41. The van der Waals surface area contributed by atoms with Crippen LogP contribution in [0.5, 0.6) is 0 Å². The molecule has 0 amide bonds. The van der Waals surface area contributed by atoms with Gasteiger partial charge in [-0.1, -0.05) is 30.3 Å². The summed E-state index contributed by atoms with van der Waals surface area (Å²) in [5, 5.41) is 13.7. The first-order chi connectivity index (χ1) is 11.2. The second-order valence-corrected chi connectivity index (χ2v) is 6.29. The molecule has 1 aromatic heterocycles. The molecule has 2 aromatic rings. The average molecular weight is 311 g/mol. The van der Waals surface area contributed by atoms with Crippen LogP contribution in [0.25, 0.3) is 0 Å². The van der Waals surface area contributed by atoms with Gasteiger partial charge >= 0.3 is 0 Å². The normalized spacial score (nSPS) is 17.5. The predicted octanol–water partition coefficient (Wildman–Crippen LogP) is 2.15. The number of hydrogen-bond donors (Lipinski definition) is 2. The lowest BCUT2D eigenvalue weighted by atomic mass is 10.00. The minimum atomic E-state index is -0.369. The molecule has 0 spiro atoms. The minimum Gasteiger partial charge on any atom is -0.390 e. The molecule has 0 saturated carbocycles. The molecular formula is C19H25N3O. The zero-order valence-electron chi connectivity index (χ0n) is 13.7. The third-order valence-electron chi connectivity index (χ3n) is 4.47. The quantitative estimate of drug-likeness (QED) is 0.858. The summed E-state index contributed by atoms with van der Waals surface area (Å²) in [4.78, 5) is 6.68. The monoisotopic (exact) mass is 311 g/mol. The SMILES string of the molecule is C[C@H](NC[C@@H](O)CN1CCc2ccccc2C1)c1ccccn1. The van der Waals surface area contributed by atoms with E-state index in [4.69, 9.17) is 0 Å². The summed E-state index contributed by atoms with van der Waals surface area (Å²) in [5.74, 6) is 0. The zero-order valence-corrected chi connectivity index (χ0v) is 13.7. The van der Waals surface area contributed by atoms with Crippen LogP contribution < -0.4 is 5.32 Å². The van der Waals surface area contributed by atoms with Gasteiger partial charge in [-0.05, 0) is 36.6 Å². The molecule has 2 heterocycles. The maximum absolute atomic E-state index is 10.3. The number of hydrogen-bond acceptors (Lipinski definition) is 4. The summed E-state index contributed by atoms with van der Waals surface area (Å²) in [7, 11) is 0. The molecule has 0 aliphatic carbocycles. The van der Waals surface area contributed by atoms with E-state index in [0.29, 0.717) is 13.1 Å². The highest BCUT2D eigenvalue weighted by Crippen LogP contribution is 2.18. The van der Waals surface area contributed by atoms with Gasteiger partial charge in [-0.25, -0.2) is 0 Å². The smallest absolute Gasteiger partial charge is 0.0791 e. The highest BCUT2D eigenvalue weighted by molar-refractivity contribution is 5.29. The van der Waals surface area contributed by atoms with Crippen molar-refractivity contribution >= 4 is 0 Å². The average Bonchev–Trinajstić information content (AvgIpc) is 2.60. The summed E-state index contributed by atoms with van der Waals surface area (Å²) < 4.78 is 0. The standard InChI is InChI=1S/C19H25N3O/c1-15(19-8-4-5-10-20-19)21-12-18(23)14-22-11-9-16-6-2-3-7-17(16)13-22/h2-8,10,15,18,21,23H,9,11-14H2,1H3/t15-,18+/m0/s1. The van der Waals surface area contributed by atoms with E-state index in [0.717, 1.165) is 25.2 Å². The van der Waals surface area contributed by atoms with Crippen LogP contribution in [0, 0.1) is 0 Å². The van der Waals surface area contributed by atoms with Gasteiger partial charge in [0.25, 0.3) is 0 Å². The van der Waals surface area contributed by atoms with Crippen LogP contribution in [0.4, 0.5) is 0 Å². The molecule has 0 saturated heterocycles. The second kappa shape index (κ2) is 7.68. The largest absolute Gasteiger partial charge is 0.390 e. The van der Waals surface area contributed by atoms with Gasteiger partial charge in [0.1, 0.15) is 0 Å². The third-order valence-corrected chi connectivity index (χ3v) is 4.47. The Bertz CT molecular complexity index is 617. The molecule has 0 unspecified atom stereocenters. The first kappa shape index (κ1) is 16.1. The van der Waals surface area contributed by atoms with E-state index in [1.54, 1.807) is 6.20 Å². The molecule has 3 rings (SSSR count). The number of aromatic nitrogens is 1. The van der Waals surface area contributed by atoms with Crippen LogP contribution in [0.15, 0.2) is 48.7 Å². The molecule has 2 N–H and O–H groups in total. The molecule has 0 fully saturated rings. The van der Waals surface area contributed by atoms with Crippen molar-refractivity contribution in [3.05, 3.63) is 65.5 Å². The summed E-state index contributed by atoms with van der Waals surface area (Å²) in [6.07, 6.45) is 2.50. The number of rotatable bonds is 6.